The van der Waals surface area contributed by atoms with Crippen LogP contribution >= 0.6 is 22.7 Å². The molecule has 2 aromatic heterocycles. The number of aryl methyl sites for hydroxylation is 3. The van der Waals surface area contributed by atoms with E-state index in [-0.39, 0.29) is 6.04 Å². The van der Waals surface area contributed by atoms with Gasteiger partial charge in [0.1, 0.15) is 5.01 Å². The lowest BCUT2D eigenvalue weighted by Crippen LogP contribution is -2.43. The van der Waals surface area contributed by atoms with Gasteiger partial charge in [0.2, 0.25) is 10.0 Å². The molecule has 0 unspecified atom stereocenters. The molecule has 0 N–H and O–H groups in total. The van der Waals surface area contributed by atoms with Gasteiger partial charge in [-0.05, 0) is 46.1 Å². The summed E-state index contributed by atoms with van der Waals surface area (Å²) in [4.78, 5) is 8.04. The first-order valence-electron chi connectivity index (χ1n) is 8.41. The first kappa shape index (κ1) is 18.0. The van der Waals surface area contributed by atoms with Crippen LogP contribution in [0.15, 0.2) is 11.0 Å². The maximum atomic E-state index is 13.2. The zero-order valence-corrected chi connectivity index (χ0v) is 17.1. The van der Waals surface area contributed by atoms with Crippen molar-refractivity contribution in [2.45, 2.75) is 64.3 Å². The Labute approximate surface area is 152 Å². The quantitative estimate of drug-likeness (QED) is 0.764. The van der Waals surface area contributed by atoms with Crippen molar-refractivity contribution in [1.82, 2.24) is 9.29 Å². The largest absolute Gasteiger partial charge is 0.244 e. The third-order valence-corrected chi connectivity index (χ3v) is 9.24. The molecule has 24 heavy (non-hydrogen) atoms. The molecule has 1 aliphatic rings. The molecule has 1 atom stereocenters. The van der Waals surface area contributed by atoms with Crippen LogP contribution in [-0.4, -0.2) is 30.3 Å². The summed E-state index contributed by atoms with van der Waals surface area (Å²) in [5.41, 5.74) is 1.02. The highest BCUT2D eigenvalue weighted by molar-refractivity contribution is 7.89. The van der Waals surface area contributed by atoms with Gasteiger partial charge >= 0.3 is 0 Å². The molecule has 0 amide bonds. The lowest BCUT2D eigenvalue weighted by Gasteiger charge is -2.34. The van der Waals surface area contributed by atoms with Crippen molar-refractivity contribution in [1.29, 1.82) is 0 Å². The highest BCUT2D eigenvalue weighted by Crippen LogP contribution is 2.38. The van der Waals surface area contributed by atoms with Crippen LogP contribution in [0.5, 0.6) is 0 Å². The molecule has 0 aliphatic carbocycles. The second-order valence-electron chi connectivity index (χ2n) is 6.37. The molecule has 0 spiro atoms. The minimum absolute atomic E-state index is 0.135. The average Bonchev–Trinajstić information content (AvgIpc) is 3.11. The van der Waals surface area contributed by atoms with E-state index in [9.17, 15) is 8.42 Å². The van der Waals surface area contributed by atoms with E-state index in [2.05, 4.69) is 11.9 Å². The Balaban J connectivity index is 1.99. The number of thiophene rings is 1. The van der Waals surface area contributed by atoms with Gasteiger partial charge in [0, 0.05) is 22.3 Å². The number of hydrogen-bond acceptors (Lipinski definition) is 5. The first-order chi connectivity index (χ1) is 11.3. The second-order valence-corrected chi connectivity index (χ2v) is 10.7. The number of thiazole rings is 1. The molecule has 3 rings (SSSR count). The zero-order chi connectivity index (χ0) is 17.5. The van der Waals surface area contributed by atoms with Crippen molar-refractivity contribution in [2.24, 2.45) is 0 Å². The Hall–Kier alpha value is -0.760. The van der Waals surface area contributed by atoms with Crippen LogP contribution in [-0.2, 0) is 10.0 Å². The number of sulfonamides is 1. The molecule has 1 saturated heterocycles. The molecule has 7 heteroatoms. The van der Waals surface area contributed by atoms with E-state index in [1.54, 1.807) is 15.6 Å². The first-order valence-corrected chi connectivity index (χ1v) is 11.5. The molecule has 0 radical (unpaired) electrons. The summed E-state index contributed by atoms with van der Waals surface area (Å²) in [7, 11) is -3.42. The normalized spacial score (nSPS) is 19.8. The third-order valence-electron chi connectivity index (χ3n) is 4.74. The number of hydrogen-bond donors (Lipinski definition) is 0. The molecule has 2 aromatic rings. The summed E-state index contributed by atoms with van der Waals surface area (Å²) in [5, 5.41) is 0.922. The molecule has 1 fully saturated rings. The van der Waals surface area contributed by atoms with E-state index >= 15 is 0 Å². The molecule has 132 valence electrons. The van der Waals surface area contributed by atoms with Crippen molar-refractivity contribution >= 4 is 32.7 Å². The lowest BCUT2D eigenvalue weighted by molar-refractivity contribution is 0.246. The Morgan fingerprint density at radius 3 is 2.58 bits per heavy atom. The standard InChI is InChI=1S/C17H24N2O2S3/c1-5-14-8-6-7-9-19(14)24(20,21)16-10-15(22-13(16)4)17-18-11(2)12(3)23-17/h10,14H,5-9H2,1-4H3/t14-/m0/s1. The lowest BCUT2D eigenvalue weighted by atomic mass is 10.0. The van der Waals surface area contributed by atoms with Crippen molar-refractivity contribution in [3.8, 4) is 9.88 Å². The van der Waals surface area contributed by atoms with Gasteiger partial charge in [0.05, 0.1) is 15.5 Å². The minimum atomic E-state index is -3.42. The van der Waals surface area contributed by atoms with Gasteiger partial charge in [0.25, 0.3) is 0 Å². The number of nitrogens with zero attached hydrogens (tertiary/aromatic N) is 2. The summed E-state index contributed by atoms with van der Waals surface area (Å²) in [5.74, 6) is 0. The summed E-state index contributed by atoms with van der Waals surface area (Å²) >= 11 is 3.16. The van der Waals surface area contributed by atoms with Crippen LogP contribution < -0.4 is 0 Å². The van der Waals surface area contributed by atoms with Crippen molar-refractivity contribution in [3.05, 3.63) is 21.5 Å². The molecular formula is C17H24N2O2S3. The maximum Gasteiger partial charge on any atom is 0.244 e. The molecule has 1 aliphatic heterocycles. The maximum absolute atomic E-state index is 13.2. The molecule has 0 bridgehead atoms. The van der Waals surface area contributed by atoms with Gasteiger partial charge in [-0.25, -0.2) is 13.4 Å². The van der Waals surface area contributed by atoms with Gasteiger partial charge in [-0.1, -0.05) is 13.3 Å². The van der Waals surface area contributed by atoms with E-state index in [1.807, 2.05) is 26.8 Å². The molecule has 0 aromatic carbocycles. The molecule has 3 heterocycles. The fourth-order valence-corrected chi connectivity index (χ4v) is 7.52. The van der Waals surface area contributed by atoms with E-state index in [0.29, 0.717) is 11.4 Å². The molecule has 4 nitrogen and oxygen atoms in total. The van der Waals surface area contributed by atoms with Gasteiger partial charge in [0.15, 0.2) is 0 Å². The number of aromatic nitrogens is 1. The van der Waals surface area contributed by atoms with Crippen molar-refractivity contribution in [3.63, 3.8) is 0 Å². The van der Waals surface area contributed by atoms with E-state index < -0.39 is 10.0 Å². The number of piperidine rings is 1. The van der Waals surface area contributed by atoms with E-state index in [4.69, 9.17) is 0 Å². The zero-order valence-electron chi connectivity index (χ0n) is 14.6. The fourth-order valence-electron chi connectivity index (χ4n) is 3.23. The molecular weight excluding hydrogens is 360 g/mol. The van der Waals surface area contributed by atoms with Crippen LogP contribution in [0, 0.1) is 20.8 Å². The summed E-state index contributed by atoms with van der Waals surface area (Å²) < 4.78 is 28.1. The Bertz CT molecular complexity index is 817. The van der Waals surface area contributed by atoms with Crippen LogP contribution in [0.2, 0.25) is 0 Å². The van der Waals surface area contributed by atoms with Gasteiger partial charge in [-0.3, -0.25) is 0 Å². The molecule has 0 saturated carbocycles. The SMILES string of the molecule is CC[C@H]1CCCCN1S(=O)(=O)c1cc(-c2nc(C)c(C)s2)sc1C. The highest BCUT2D eigenvalue weighted by atomic mass is 32.2. The van der Waals surface area contributed by atoms with Crippen molar-refractivity contribution < 1.29 is 8.42 Å². The van der Waals surface area contributed by atoms with Crippen LogP contribution in [0.1, 0.15) is 48.1 Å². The Kier molecular flexibility index (Phi) is 5.16. The summed E-state index contributed by atoms with van der Waals surface area (Å²) in [6.45, 7) is 8.66. The van der Waals surface area contributed by atoms with Gasteiger partial charge < -0.3 is 0 Å². The Morgan fingerprint density at radius 1 is 1.21 bits per heavy atom. The predicted octanol–water partition coefficient (Wildman–Crippen LogP) is 4.75. The van der Waals surface area contributed by atoms with E-state index in [1.165, 1.54) is 16.2 Å². The Morgan fingerprint density at radius 2 is 1.96 bits per heavy atom. The summed E-state index contributed by atoms with van der Waals surface area (Å²) in [6.07, 6.45) is 3.92. The second kappa shape index (κ2) is 6.86. The van der Waals surface area contributed by atoms with Crippen LogP contribution in [0.4, 0.5) is 0 Å². The topological polar surface area (TPSA) is 50.3 Å². The number of rotatable bonds is 4. The third kappa shape index (κ3) is 3.19. The minimum Gasteiger partial charge on any atom is -0.240 e. The predicted molar refractivity (Wildman–Crippen MR) is 101 cm³/mol. The highest BCUT2D eigenvalue weighted by Gasteiger charge is 2.34. The van der Waals surface area contributed by atoms with Gasteiger partial charge in [-0.15, -0.1) is 22.7 Å². The van der Waals surface area contributed by atoms with Crippen LogP contribution in [0.3, 0.4) is 0 Å². The van der Waals surface area contributed by atoms with E-state index in [0.717, 1.165) is 46.1 Å². The fraction of sp³-hybridized carbons (Fsp3) is 0.588. The average molecular weight is 385 g/mol. The summed E-state index contributed by atoms with van der Waals surface area (Å²) in [6, 6.07) is 1.96. The smallest absolute Gasteiger partial charge is 0.240 e. The monoisotopic (exact) mass is 384 g/mol. The van der Waals surface area contributed by atoms with Crippen molar-refractivity contribution in [2.75, 3.05) is 6.54 Å². The van der Waals surface area contributed by atoms with Gasteiger partial charge in [-0.2, -0.15) is 4.31 Å². The van der Waals surface area contributed by atoms with Crippen LogP contribution in [0.25, 0.3) is 9.88 Å².